The van der Waals surface area contributed by atoms with Gasteiger partial charge in [-0.15, -0.1) is 11.8 Å². The summed E-state index contributed by atoms with van der Waals surface area (Å²) in [6.45, 7) is 0. The lowest BCUT2D eigenvalue weighted by Gasteiger charge is -2.23. The second kappa shape index (κ2) is 3.70. The highest BCUT2D eigenvalue weighted by Gasteiger charge is 2.21. The van der Waals surface area contributed by atoms with Crippen LogP contribution in [0, 0.1) is 0 Å². The van der Waals surface area contributed by atoms with Crippen molar-refractivity contribution < 1.29 is 0 Å². The van der Waals surface area contributed by atoms with Crippen LogP contribution in [0.4, 0.5) is 0 Å². The summed E-state index contributed by atoms with van der Waals surface area (Å²) in [6.07, 6.45) is 0.970. The Kier molecular flexibility index (Phi) is 2.75. The molecule has 1 aromatic carbocycles. The number of halogens is 2. The van der Waals surface area contributed by atoms with E-state index >= 15 is 0 Å². The highest BCUT2D eigenvalue weighted by molar-refractivity contribution is 7.99. The van der Waals surface area contributed by atoms with Crippen LogP contribution in [0.1, 0.15) is 18.0 Å². The van der Waals surface area contributed by atoms with Crippen LogP contribution in [0.25, 0.3) is 0 Å². The quantitative estimate of drug-likeness (QED) is 0.743. The lowest BCUT2D eigenvalue weighted by molar-refractivity contribution is 0.681. The molecule has 0 spiro atoms. The molecule has 0 aromatic heterocycles. The minimum atomic E-state index is 0.0439. The summed E-state index contributed by atoms with van der Waals surface area (Å²) >= 11 is 13.8. The van der Waals surface area contributed by atoms with E-state index in [1.807, 2.05) is 12.1 Å². The lowest BCUT2D eigenvalue weighted by Crippen LogP contribution is -2.16. The number of hydrogen-bond acceptors (Lipinski definition) is 2. The third-order valence-corrected chi connectivity index (χ3v) is 4.08. The summed E-state index contributed by atoms with van der Waals surface area (Å²) < 4.78 is 0. The Morgan fingerprint density at radius 3 is 2.92 bits per heavy atom. The van der Waals surface area contributed by atoms with E-state index in [9.17, 15) is 0 Å². The fraction of sp³-hybridized carbons (Fsp3) is 0.333. The molecular weight excluding hydrogens is 225 g/mol. The van der Waals surface area contributed by atoms with Gasteiger partial charge in [0.05, 0.1) is 10.0 Å². The van der Waals surface area contributed by atoms with Gasteiger partial charge in [0.15, 0.2) is 0 Å². The number of thioether (sulfide) groups is 1. The van der Waals surface area contributed by atoms with Crippen molar-refractivity contribution in [3.63, 3.8) is 0 Å². The predicted molar refractivity (Wildman–Crippen MR) is 58.7 cm³/mol. The molecule has 1 atom stereocenters. The van der Waals surface area contributed by atoms with Gasteiger partial charge in [-0.05, 0) is 24.3 Å². The first-order chi connectivity index (χ1) is 6.20. The molecule has 0 saturated heterocycles. The van der Waals surface area contributed by atoms with Gasteiger partial charge >= 0.3 is 0 Å². The summed E-state index contributed by atoms with van der Waals surface area (Å²) in [5.74, 6) is 1.06. The van der Waals surface area contributed by atoms with Gasteiger partial charge in [0, 0.05) is 16.5 Å². The van der Waals surface area contributed by atoms with Gasteiger partial charge in [0.1, 0.15) is 0 Å². The minimum Gasteiger partial charge on any atom is -0.324 e. The molecule has 0 saturated carbocycles. The Hall–Kier alpha value is 0.110. The van der Waals surface area contributed by atoms with E-state index in [2.05, 4.69) is 0 Å². The van der Waals surface area contributed by atoms with Crippen molar-refractivity contribution in [1.29, 1.82) is 0 Å². The van der Waals surface area contributed by atoms with Crippen molar-refractivity contribution in [2.75, 3.05) is 5.75 Å². The summed E-state index contributed by atoms with van der Waals surface area (Å²) in [4.78, 5) is 1.17. The SMILES string of the molecule is NC1CCSc2ccc(Cl)c(Cl)c21. The molecule has 1 aliphatic rings. The topological polar surface area (TPSA) is 26.0 Å². The second-order valence-corrected chi connectivity index (χ2v) is 4.94. The Morgan fingerprint density at radius 1 is 1.38 bits per heavy atom. The van der Waals surface area contributed by atoms with E-state index in [4.69, 9.17) is 28.9 Å². The van der Waals surface area contributed by atoms with Gasteiger partial charge in [-0.2, -0.15) is 0 Å². The lowest BCUT2D eigenvalue weighted by atomic mass is 10.0. The molecule has 0 aliphatic carbocycles. The molecule has 1 aromatic rings. The third kappa shape index (κ3) is 1.68. The second-order valence-electron chi connectivity index (χ2n) is 3.02. The van der Waals surface area contributed by atoms with Gasteiger partial charge < -0.3 is 5.73 Å². The molecule has 1 nitrogen and oxygen atoms in total. The molecule has 0 amide bonds. The van der Waals surface area contributed by atoms with Crippen LogP contribution in [0.2, 0.25) is 10.0 Å². The molecule has 13 heavy (non-hydrogen) atoms. The van der Waals surface area contributed by atoms with Gasteiger partial charge in [0.25, 0.3) is 0 Å². The average molecular weight is 234 g/mol. The Bertz CT molecular complexity index is 341. The highest BCUT2D eigenvalue weighted by Crippen LogP contribution is 2.41. The zero-order chi connectivity index (χ0) is 9.42. The van der Waals surface area contributed by atoms with Crippen LogP contribution in [0.3, 0.4) is 0 Å². The zero-order valence-electron chi connectivity index (χ0n) is 6.89. The summed E-state index contributed by atoms with van der Waals surface area (Å²) in [5, 5.41) is 1.22. The molecule has 0 fully saturated rings. The van der Waals surface area contributed by atoms with Crippen LogP contribution >= 0.6 is 35.0 Å². The molecule has 1 unspecified atom stereocenters. The Balaban J connectivity index is 2.58. The van der Waals surface area contributed by atoms with Crippen LogP contribution in [-0.2, 0) is 0 Å². The molecule has 0 bridgehead atoms. The number of benzene rings is 1. The molecule has 2 rings (SSSR count). The molecule has 0 radical (unpaired) electrons. The van der Waals surface area contributed by atoms with Crippen LogP contribution < -0.4 is 5.73 Å². The maximum Gasteiger partial charge on any atom is 0.0651 e. The molecule has 2 N–H and O–H groups in total. The van der Waals surface area contributed by atoms with Crippen molar-refractivity contribution in [2.45, 2.75) is 17.4 Å². The summed E-state index contributed by atoms with van der Waals surface area (Å²) in [6, 6.07) is 3.86. The molecular formula is C9H9Cl2NS. The maximum absolute atomic E-state index is 6.08. The molecule has 1 aliphatic heterocycles. The maximum atomic E-state index is 6.08. The number of rotatable bonds is 0. The Labute approximate surface area is 91.6 Å². The van der Waals surface area contributed by atoms with Crippen molar-refractivity contribution in [1.82, 2.24) is 0 Å². The molecule has 4 heteroatoms. The van der Waals surface area contributed by atoms with E-state index in [-0.39, 0.29) is 6.04 Å². The monoisotopic (exact) mass is 233 g/mol. The van der Waals surface area contributed by atoms with Crippen molar-refractivity contribution in [2.24, 2.45) is 5.73 Å². The molecule has 70 valence electrons. The van der Waals surface area contributed by atoms with Gasteiger partial charge in [-0.1, -0.05) is 23.2 Å². The largest absolute Gasteiger partial charge is 0.324 e. The first-order valence-electron chi connectivity index (χ1n) is 4.06. The first-order valence-corrected chi connectivity index (χ1v) is 5.80. The van der Waals surface area contributed by atoms with Crippen LogP contribution in [0.15, 0.2) is 17.0 Å². The van der Waals surface area contributed by atoms with Crippen molar-refractivity contribution >= 4 is 35.0 Å². The van der Waals surface area contributed by atoms with E-state index in [1.54, 1.807) is 11.8 Å². The summed E-state index contributed by atoms with van der Waals surface area (Å²) in [5.41, 5.74) is 6.98. The standard InChI is InChI=1S/C9H9Cl2NS/c10-5-1-2-7-8(9(5)11)6(12)3-4-13-7/h1-2,6H,3-4,12H2. The van der Waals surface area contributed by atoms with Crippen molar-refractivity contribution in [3.05, 3.63) is 27.7 Å². The Morgan fingerprint density at radius 2 is 2.15 bits per heavy atom. The number of nitrogens with two attached hydrogens (primary N) is 1. The van der Waals surface area contributed by atoms with E-state index < -0.39 is 0 Å². The highest BCUT2D eigenvalue weighted by atomic mass is 35.5. The third-order valence-electron chi connectivity index (χ3n) is 2.15. The average Bonchev–Trinajstić information content (AvgIpc) is 2.12. The van der Waals surface area contributed by atoms with Crippen LogP contribution in [-0.4, -0.2) is 5.75 Å². The fourth-order valence-electron chi connectivity index (χ4n) is 1.46. The fourth-order valence-corrected chi connectivity index (χ4v) is 3.15. The normalized spacial score (nSPS) is 21.3. The molecule has 1 heterocycles. The van der Waals surface area contributed by atoms with Gasteiger partial charge in [-0.3, -0.25) is 0 Å². The summed E-state index contributed by atoms with van der Waals surface area (Å²) in [7, 11) is 0. The van der Waals surface area contributed by atoms with E-state index in [1.165, 1.54) is 4.90 Å². The van der Waals surface area contributed by atoms with Gasteiger partial charge in [-0.25, -0.2) is 0 Å². The van der Waals surface area contributed by atoms with E-state index in [0.717, 1.165) is 17.7 Å². The van der Waals surface area contributed by atoms with Crippen LogP contribution in [0.5, 0.6) is 0 Å². The first kappa shape index (κ1) is 9.66. The van der Waals surface area contributed by atoms with E-state index in [0.29, 0.717) is 10.0 Å². The number of hydrogen-bond donors (Lipinski definition) is 1. The van der Waals surface area contributed by atoms with Gasteiger partial charge in [0.2, 0.25) is 0 Å². The number of fused-ring (bicyclic) bond motifs is 1. The predicted octanol–water partition coefficient (Wildman–Crippen LogP) is 3.49. The minimum absolute atomic E-state index is 0.0439. The zero-order valence-corrected chi connectivity index (χ0v) is 9.22. The smallest absolute Gasteiger partial charge is 0.0651 e. The van der Waals surface area contributed by atoms with Crippen molar-refractivity contribution in [3.8, 4) is 0 Å².